The average Bonchev–Trinajstić information content (AvgIpc) is 3.20. The van der Waals surface area contributed by atoms with E-state index in [1.165, 1.54) is 25.7 Å². The van der Waals surface area contributed by atoms with Crippen molar-refractivity contribution < 1.29 is 9.53 Å². The number of hydrogen-bond donors (Lipinski definition) is 1. The first kappa shape index (κ1) is 17.2. The second-order valence-corrected chi connectivity index (χ2v) is 7.22. The molecule has 2 fully saturated rings. The first-order valence-corrected chi connectivity index (χ1v) is 8.98. The molecule has 1 N–H and O–H groups in total. The molecule has 1 aromatic rings. The third-order valence-electron chi connectivity index (χ3n) is 5.91. The Balaban J connectivity index is 1.64. The van der Waals surface area contributed by atoms with Gasteiger partial charge in [0.25, 0.3) is 0 Å². The van der Waals surface area contributed by atoms with Crippen LogP contribution in [-0.4, -0.2) is 51.5 Å². The van der Waals surface area contributed by atoms with Crippen LogP contribution in [0.25, 0.3) is 0 Å². The van der Waals surface area contributed by atoms with E-state index in [0.29, 0.717) is 6.10 Å². The summed E-state index contributed by atoms with van der Waals surface area (Å²) in [5.74, 6) is 0.758. The predicted octanol–water partition coefficient (Wildman–Crippen LogP) is 2.26. The van der Waals surface area contributed by atoms with Crippen LogP contribution in [0.5, 0.6) is 0 Å². The lowest BCUT2D eigenvalue weighted by atomic mass is 9.60. The molecule has 2 saturated carbocycles. The summed E-state index contributed by atoms with van der Waals surface area (Å²) in [6.07, 6.45) is 7.71. The summed E-state index contributed by atoms with van der Waals surface area (Å²) in [5.41, 5.74) is 0.163. The third-order valence-corrected chi connectivity index (χ3v) is 5.91. The van der Waals surface area contributed by atoms with Crippen LogP contribution < -0.4 is 5.32 Å². The monoisotopic (exact) mass is 335 g/mol. The minimum atomic E-state index is -0.172. The second-order valence-electron chi connectivity index (χ2n) is 7.22. The van der Waals surface area contributed by atoms with Crippen LogP contribution in [0.4, 0.5) is 4.79 Å². The molecule has 0 saturated heterocycles. The highest BCUT2D eigenvalue weighted by atomic mass is 16.5. The van der Waals surface area contributed by atoms with Crippen molar-refractivity contribution in [3.8, 4) is 0 Å². The van der Waals surface area contributed by atoms with Gasteiger partial charge in [-0.1, -0.05) is 12.8 Å². The average molecular weight is 335 g/mol. The highest BCUT2D eigenvalue weighted by molar-refractivity contribution is 5.75. The molecule has 2 aliphatic rings. The van der Waals surface area contributed by atoms with Gasteiger partial charge in [-0.05, 0) is 33.1 Å². The zero-order valence-electron chi connectivity index (χ0n) is 15.2. The maximum absolute atomic E-state index is 12.7. The summed E-state index contributed by atoms with van der Waals surface area (Å²) < 4.78 is 7.78. The number of rotatable bonds is 5. The Morgan fingerprint density at radius 2 is 2.25 bits per heavy atom. The van der Waals surface area contributed by atoms with Crippen molar-refractivity contribution in [2.45, 2.75) is 64.1 Å². The van der Waals surface area contributed by atoms with Gasteiger partial charge in [-0.3, -0.25) is 0 Å². The molecule has 7 nitrogen and oxygen atoms in total. The molecule has 0 radical (unpaired) electrons. The first-order valence-electron chi connectivity index (χ1n) is 8.98. The second kappa shape index (κ2) is 6.70. The van der Waals surface area contributed by atoms with Crippen LogP contribution in [0.15, 0.2) is 6.33 Å². The molecule has 3 unspecified atom stereocenters. The summed E-state index contributed by atoms with van der Waals surface area (Å²) >= 11 is 0. The van der Waals surface area contributed by atoms with Crippen molar-refractivity contribution in [2.24, 2.45) is 12.5 Å². The number of carbonyl (C=O) groups excluding carboxylic acids is 1. The Kier molecular flexibility index (Phi) is 4.80. The van der Waals surface area contributed by atoms with E-state index in [-0.39, 0.29) is 23.5 Å². The van der Waals surface area contributed by atoms with E-state index in [0.717, 1.165) is 18.9 Å². The zero-order valence-corrected chi connectivity index (χ0v) is 15.2. The van der Waals surface area contributed by atoms with Gasteiger partial charge in [0.05, 0.1) is 12.1 Å². The van der Waals surface area contributed by atoms with Crippen LogP contribution >= 0.6 is 0 Å². The van der Waals surface area contributed by atoms with E-state index < -0.39 is 0 Å². The lowest BCUT2D eigenvalue weighted by Gasteiger charge is -2.56. The summed E-state index contributed by atoms with van der Waals surface area (Å²) in [4.78, 5) is 14.6. The molecule has 1 heterocycles. The number of hydrogen-bond acceptors (Lipinski definition) is 4. The van der Waals surface area contributed by atoms with E-state index >= 15 is 0 Å². The molecule has 0 aliphatic heterocycles. The van der Waals surface area contributed by atoms with Crippen molar-refractivity contribution in [3.63, 3.8) is 0 Å². The first-order chi connectivity index (χ1) is 11.5. The third kappa shape index (κ3) is 2.79. The minimum absolute atomic E-state index is 0.0447. The fourth-order valence-corrected chi connectivity index (χ4v) is 4.57. The highest BCUT2D eigenvalue weighted by Gasteiger charge is 2.58. The fraction of sp³-hybridized carbons (Fsp3) is 0.824. The Morgan fingerprint density at radius 1 is 1.54 bits per heavy atom. The van der Waals surface area contributed by atoms with E-state index in [2.05, 4.69) is 22.4 Å². The van der Waals surface area contributed by atoms with Crippen LogP contribution in [-0.2, 0) is 11.8 Å². The maximum Gasteiger partial charge on any atom is 0.317 e. The van der Waals surface area contributed by atoms with Gasteiger partial charge in [0.1, 0.15) is 6.33 Å². The molecule has 134 valence electrons. The highest BCUT2D eigenvalue weighted by Crippen LogP contribution is 2.56. The number of nitrogens with zero attached hydrogens (tertiary/aromatic N) is 4. The number of aromatic nitrogens is 3. The van der Waals surface area contributed by atoms with Gasteiger partial charge in [-0.2, -0.15) is 0 Å². The number of aryl methyl sites for hydroxylation is 1. The Labute approximate surface area is 143 Å². The smallest absolute Gasteiger partial charge is 0.317 e. The van der Waals surface area contributed by atoms with Crippen LogP contribution in [0, 0.1) is 5.41 Å². The Bertz CT molecular complexity index is 581. The zero-order chi connectivity index (χ0) is 17.3. The summed E-state index contributed by atoms with van der Waals surface area (Å²) in [7, 11) is 3.79. The van der Waals surface area contributed by atoms with Gasteiger partial charge in [0.2, 0.25) is 0 Å². The van der Waals surface area contributed by atoms with Gasteiger partial charge in [-0.15, -0.1) is 10.2 Å². The molecule has 3 rings (SSSR count). The summed E-state index contributed by atoms with van der Waals surface area (Å²) in [6, 6.07) is 0.0507. The van der Waals surface area contributed by atoms with E-state index in [1.54, 1.807) is 6.33 Å². The van der Waals surface area contributed by atoms with Crippen molar-refractivity contribution >= 4 is 6.03 Å². The molecule has 2 aliphatic carbocycles. The molecule has 7 heteroatoms. The molecule has 1 spiro atoms. The normalized spacial score (nSPS) is 26.2. The van der Waals surface area contributed by atoms with Crippen molar-refractivity contribution in [3.05, 3.63) is 12.2 Å². The van der Waals surface area contributed by atoms with Crippen LogP contribution in [0.1, 0.15) is 57.8 Å². The van der Waals surface area contributed by atoms with Crippen LogP contribution in [0.2, 0.25) is 0 Å². The van der Waals surface area contributed by atoms with Crippen molar-refractivity contribution in [1.82, 2.24) is 25.0 Å². The SMILES string of the molecule is CCOC1CC(N(C)C(=O)NC(C)c2nncn2C)C12CCCC2. The van der Waals surface area contributed by atoms with Gasteiger partial charge in [0.15, 0.2) is 5.82 Å². The molecular formula is C17H29N5O2. The van der Waals surface area contributed by atoms with Crippen LogP contribution in [0.3, 0.4) is 0 Å². The van der Waals surface area contributed by atoms with Gasteiger partial charge in [0, 0.05) is 32.2 Å². The maximum atomic E-state index is 12.7. The van der Waals surface area contributed by atoms with E-state index in [4.69, 9.17) is 4.74 Å². The number of nitrogens with one attached hydrogen (secondary N) is 1. The quantitative estimate of drug-likeness (QED) is 0.896. The van der Waals surface area contributed by atoms with Crippen molar-refractivity contribution in [1.29, 1.82) is 0 Å². The topological polar surface area (TPSA) is 72.3 Å². The predicted molar refractivity (Wildman–Crippen MR) is 90.4 cm³/mol. The number of amides is 2. The minimum Gasteiger partial charge on any atom is -0.378 e. The number of urea groups is 1. The van der Waals surface area contributed by atoms with Gasteiger partial charge < -0.3 is 19.5 Å². The van der Waals surface area contributed by atoms with E-state index in [9.17, 15) is 4.79 Å². The standard InChI is InChI=1S/C17H29N5O2/c1-5-24-14-10-13(17(14)8-6-7-9-17)22(4)16(23)19-12(2)15-20-18-11-21(15)3/h11-14H,5-10H2,1-4H3,(H,19,23). The summed E-state index contributed by atoms with van der Waals surface area (Å²) in [5, 5.41) is 11.0. The Morgan fingerprint density at radius 3 is 2.83 bits per heavy atom. The lowest BCUT2D eigenvalue weighted by molar-refractivity contribution is -0.151. The molecule has 0 bridgehead atoms. The summed E-state index contributed by atoms with van der Waals surface area (Å²) in [6.45, 7) is 4.73. The molecule has 24 heavy (non-hydrogen) atoms. The number of ether oxygens (including phenoxy) is 1. The van der Waals surface area contributed by atoms with E-state index in [1.807, 2.05) is 30.5 Å². The van der Waals surface area contributed by atoms with Gasteiger partial charge in [-0.25, -0.2) is 4.79 Å². The molecule has 1 aromatic heterocycles. The number of carbonyl (C=O) groups is 1. The Hall–Kier alpha value is -1.63. The van der Waals surface area contributed by atoms with Gasteiger partial charge >= 0.3 is 6.03 Å². The molecule has 3 atom stereocenters. The molecule has 0 aromatic carbocycles. The largest absolute Gasteiger partial charge is 0.378 e. The fourth-order valence-electron chi connectivity index (χ4n) is 4.57. The molecular weight excluding hydrogens is 306 g/mol. The van der Waals surface area contributed by atoms with Crippen molar-refractivity contribution in [2.75, 3.05) is 13.7 Å². The lowest BCUT2D eigenvalue weighted by Crippen LogP contribution is -2.65. The molecule has 2 amide bonds.